The van der Waals surface area contributed by atoms with Gasteiger partial charge in [0.1, 0.15) is 34.4 Å². The molecule has 2 amide bonds. The monoisotopic (exact) mass is 624 g/mol. The predicted molar refractivity (Wildman–Crippen MR) is 174 cm³/mol. The van der Waals surface area contributed by atoms with E-state index < -0.39 is 5.91 Å². The summed E-state index contributed by atoms with van der Waals surface area (Å²) in [5.41, 5.74) is 2.08. The highest BCUT2D eigenvalue weighted by Gasteiger charge is 2.18. The molecule has 3 N–H and O–H groups in total. The summed E-state index contributed by atoms with van der Waals surface area (Å²) < 4.78 is 16.1. The molecule has 0 unspecified atom stereocenters. The fraction of sp³-hybridized carbons (Fsp3) is 0.118. The molecule has 0 radical (unpaired) electrons. The van der Waals surface area contributed by atoms with Crippen LogP contribution in [0.25, 0.3) is 10.8 Å². The lowest BCUT2D eigenvalue weighted by Gasteiger charge is -2.14. The number of amides is 2. The van der Waals surface area contributed by atoms with E-state index in [-0.39, 0.29) is 29.5 Å². The van der Waals surface area contributed by atoms with Crippen LogP contribution in [0.5, 0.6) is 23.0 Å². The third-order valence-electron chi connectivity index (χ3n) is 6.90. The van der Waals surface area contributed by atoms with Crippen molar-refractivity contribution < 1.29 is 28.9 Å². The second-order valence-electron chi connectivity index (χ2n) is 9.77. The molecule has 5 aromatic rings. The lowest BCUT2D eigenvalue weighted by atomic mass is 10.0. The zero-order valence-electron chi connectivity index (χ0n) is 24.6. The molecule has 0 saturated heterocycles. The first-order chi connectivity index (χ1) is 21.8. The summed E-state index contributed by atoms with van der Waals surface area (Å²) in [4.78, 5) is 26.1. The molecule has 228 valence electrons. The summed E-state index contributed by atoms with van der Waals surface area (Å²) in [6.07, 6.45) is -0.189. The molecule has 0 aromatic heterocycles. The Kier molecular flexibility index (Phi) is 9.45. The van der Waals surface area contributed by atoms with Gasteiger partial charge in [-0.15, -0.1) is 10.2 Å². The highest BCUT2D eigenvalue weighted by atomic mass is 35.5. The number of benzene rings is 5. The first-order valence-corrected chi connectivity index (χ1v) is 14.1. The maximum absolute atomic E-state index is 13.2. The quantitative estimate of drug-likeness (QED) is 0.135. The Morgan fingerprint density at radius 2 is 1.49 bits per heavy atom. The third kappa shape index (κ3) is 6.97. The molecule has 0 fully saturated rings. The van der Waals surface area contributed by atoms with Crippen LogP contribution < -0.4 is 24.8 Å². The molecule has 0 spiro atoms. The number of aromatic hydroxyl groups is 1. The van der Waals surface area contributed by atoms with Gasteiger partial charge in [0, 0.05) is 34.3 Å². The first kappa shape index (κ1) is 30.8. The van der Waals surface area contributed by atoms with E-state index in [2.05, 4.69) is 20.9 Å². The van der Waals surface area contributed by atoms with E-state index in [0.717, 1.165) is 5.39 Å². The fourth-order valence-electron chi connectivity index (χ4n) is 4.67. The Balaban J connectivity index is 1.46. The van der Waals surface area contributed by atoms with Crippen LogP contribution in [0.3, 0.4) is 0 Å². The number of carbonyl (C=O) groups is 2. The third-order valence-corrected chi connectivity index (χ3v) is 7.20. The van der Waals surface area contributed by atoms with Gasteiger partial charge in [-0.2, -0.15) is 0 Å². The molecule has 0 atom stereocenters. The second kappa shape index (κ2) is 13.8. The maximum Gasteiger partial charge on any atom is 0.255 e. The van der Waals surface area contributed by atoms with E-state index in [0.29, 0.717) is 50.2 Å². The molecule has 0 aliphatic heterocycles. The molecule has 0 aliphatic carbocycles. The summed E-state index contributed by atoms with van der Waals surface area (Å²) in [5, 5.41) is 27.4. The van der Waals surface area contributed by atoms with E-state index in [1.807, 2.05) is 36.4 Å². The Labute approximate surface area is 264 Å². The number of anilines is 2. The molecular weight excluding hydrogens is 596 g/mol. The second-order valence-corrected chi connectivity index (χ2v) is 10.2. The number of phenolic OH excluding ortho intramolecular Hbond substituents is 1. The van der Waals surface area contributed by atoms with Crippen LogP contribution in [0.1, 0.15) is 15.9 Å². The highest BCUT2D eigenvalue weighted by molar-refractivity contribution is 6.32. The van der Waals surface area contributed by atoms with E-state index in [1.54, 1.807) is 48.5 Å². The summed E-state index contributed by atoms with van der Waals surface area (Å²) in [6.45, 7) is 0. The summed E-state index contributed by atoms with van der Waals surface area (Å²) in [5.74, 6) is 0.106. The van der Waals surface area contributed by atoms with Crippen molar-refractivity contribution in [1.29, 1.82) is 0 Å². The number of ether oxygens (including phenoxy) is 3. The van der Waals surface area contributed by atoms with Crippen molar-refractivity contribution in [3.8, 4) is 23.0 Å². The first-order valence-electron chi connectivity index (χ1n) is 13.7. The molecule has 0 bridgehead atoms. The normalized spacial score (nSPS) is 10.9. The van der Waals surface area contributed by atoms with E-state index in [9.17, 15) is 14.7 Å². The molecule has 0 aliphatic rings. The van der Waals surface area contributed by atoms with Gasteiger partial charge in [-0.25, -0.2) is 0 Å². The SMILES string of the molecule is COc1cc(NC(=O)Cc2cc3ccccc3c(N=Nc3cc(C(=O)Nc4ccccc4)ccc3OC)c2O)c(OC)cc1Cl. The van der Waals surface area contributed by atoms with Crippen LogP contribution in [0.15, 0.2) is 101 Å². The van der Waals surface area contributed by atoms with Gasteiger partial charge >= 0.3 is 0 Å². The number of rotatable bonds is 10. The van der Waals surface area contributed by atoms with Gasteiger partial charge < -0.3 is 30.0 Å². The number of nitrogens with zero attached hydrogens (tertiary/aromatic N) is 2. The molecular formula is C34H29ClN4O6. The van der Waals surface area contributed by atoms with Crippen LogP contribution in [-0.2, 0) is 11.2 Å². The van der Waals surface area contributed by atoms with Crippen LogP contribution >= 0.6 is 11.6 Å². The topological polar surface area (TPSA) is 131 Å². The summed E-state index contributed by atoms with van der Waals surface area (Å²) in [6, 6.07) is 26.0. The van der Waals surface area contributed by atoms with Gasteiger partial charge in [0.25, 0.3) is 5.91 Å². The number of halogens is 1. The zero-order valence-corrected chi connectivity index (χ0v) is 25.4. The van der Waals surface area contributed by atoms with Gasteiger partial charge in [0.05, 0.1) is 38.5 Å². The van der Waals surface area contributed by atoms with Crippen molar-refractivity contribution in [3.63, 3.8) is 0 Å². The van der Waals surface area contributed by atoms with Gasteiger partial charge in [-0.3, -0.25) is 9.59 Å². The molecule has 11 heteroatoms. The zero-order chi connectivity index (χ0) is 31.9. The Morgan fingerprint density at radius 1 is 0.778 bits per heavy atom. The maximum atomic E-state index is 13.2. The fourth-order valence-corrected chi connectivity index (χ4v) is 4.90. The van der Waals surface area contributed by atoms with Crippen LogP contribution in [-0.4, -0.2) is 38.3 Å². The number of carbonyl (C=O) groups excluding carboxylic acids is 2. The van der Waals surface area contributed by atoms with Crippen molar-refractivity contribution in [2.45, 2.75) is 6.42 Å². The molecule has 10 nitrogen and oxygen atoms in total. The van der Waals surface area contributed by atoms with E-state index in [4.69, 9.17) is 25.8 Å². The Hall–Kier alpha value is -5.61. The largest absolute Gasteiger partial charge is 0.505 e. The van der Waals surface area contributed by atoms with Crippen LogP contribution in [0.4, 0.5) is 22.7 Å². The van der Waals surface area contributed by atoms with Gasteiger partial charge in [0.15, 0.2) is 0 Å². The number of fused-ring (bicyclic) bond motifs is 1. The van der Waals surface area contributed by atoms with Crippen molar-refractivity contribution in [2.75, 3.05) is 32.0 Å². The van der Waals surface area contributed by atoms with Crippen molar-refractivity contribution in [2.24, 2.45) is 10.2 Å². The minimum absolute atomic E-state index is 0.155. The minimum Gasteiger partial charge on any atom is -0.505 e. The number of nitrogens with one attached hydrogen (secondary N) is 2. The van der Waals surface area contributed by atoms with Gasteiger partial charge in [0.2, 0.25) is 5.91 Å². The standard InChI is InChI=1S/C34H29ClN4O6/c1-43-28-14-13-21(34(42)36-23-10-5-4-6-11-23)16-27(28)38-39-32-24-12-8-7-9-20(24)15-22(33(32)41)17-31(40)37-26-19-29(44-2)25(35)18-30(26)45-3/h4-16,18-19,41H,17H2,1-3H3,(H,36,42)(H,37,40). The molecule has 5 rings (SSSR count). The molecule has 0 heterocycles. The smallest absolute Gasteiger partial charge is 0.255 e. The number of azo groups is 1. The van der Waals surface area contributed by atoms with Crippen molar-refractivity contribution in [1.82, 2.24) is 0 Å². The lowest BCUT2D eigenvalue weighted by molar-refractivity contribution is -0.115. The average Bonchev–Trinajstić information content (AvgIpc) is 3.05. The van der Waals surface area contributed by atoms with Crippen molar-refractivity contribution in [3.05, 3.63) is 107 Å². The Bertz CT molecular complexity index is 1910. The minimum atomic E-state index is -0.426. The average molecular weight is 625 g/mol. The molecule has 45 heavy (non-hydrogen) atoms. The predicted octanol–water partition coefficient (Wildman–Crippen LogP) is 8.07. The van der Waals surface area contributed by atoms with Crippen molar-refractivity contribution >= 4 is 56.9 Å². The number of phenols is 1. The summed E-state index contributed by atoms with van der Waals surface area (Å²) in [7, 11) is 4.41. The lowest BCUT2D eigenvalue weighted by Crippen LogP contribution is -2.15. The molecule has 0 saturated carbocycles. The molecule has 5 aromatic carbocycles. The van der Waals surface area contributed by atoms with Gasteiger partial charge in [-0.1, -0.05) is 54.1 Å². The van der Waals surface area contributed by atoms with E-state index in [1.165, 1.54) is 27.4 Å². The number of methoxy groups -OCH3 is 3. The number of hydrogen-bond donors (Lipinski definition) is 3. The van der Waals surface area contributed by atoms with Gasteiger partial charge in [-0.05, 0) is 41.8 Å². The Morgan fingerprint density at radius 3 is 2.22 bits per heavy atom. The highest BCUT2D eigenvalue weighted by Crippen LogP contribution is 2.41. The number of para-hydroxylation sites is 1. The van der Waals surface area contributed by atoms with Crippen LogP contribution in [0, 0.1) is 0 Å². The van der Waals surface area contributed by atoms with Crippen LogP contribution in [0.2, 0.25) is 5.02 Å². The number of hydrogen-bond acceptors (Lipinski definition) is 8. The summed E-state index contributed by atoms with van der Waals surface area (Å²) >= 11 is 6.19. The van der Waals surface area contributed by atoms with E-state index >= 15 is 0 Å².